The minimum Gasteiger partial charge on any atom is -0.278 e. The van der Waals surface area contributed by atoms with Gasteiger partial charge in [0.15, 0.2) is 0 Å². The number of nitrogens with zero attached hydrogens (tertiary/aromatic N) is 3. The molecule has 0 fully saturated rings. The molecule has 0 atom stereocenters. The zero-order chi connectivity index (χ0) is 25.2. The molecule has 2 aromatic heterocycles. The number of hydrazone groups is 1. The Kier molecular flexibility index (Phi) is 4.31. The van der Waals surface area contributed by atoms with E-state index in [4.69, 9.17) is 4.98 Å². The zero-order valence-corrected chi connectivity index (χ0v) is 20.2. The maximum atomic E-state index is 13.6. The Labute approximate surface area is 216 Å². The molecule has 5 nitrogen and oxygen atoms in total. The van der Waals surface area contributed by atoms with Crippen molar-refractivity contribution in [2.45, 2.75) is 0 Å². The maximum absolute atomic E-state index is 13.6. The predicted molar refractivity (Wildman–Crippen MR) is 158 cm³/mol. The first kappa shape index (κ1) is 20.9. The Morgan fingerprint density at radius 2 is 1.37 bits per heavy atom. The third-order valence-corrected chi connectivity index (χ3v) is 7.47. The van der Waals surface area contributed by atoms with Gasteiger partial charge in [-0.05, 0) is 51.9 Å². The Balaban J connectivity index is 1.31. The van der Waals surface area contributed by atoms with Crippen molar-refractivity contribution >= 4 is 71.7 Å². The van der Waals surface area contributed by atoms with Crippen molar-refractivity contribution in [3.8, 4) is 0 Å². The normalized spacial score (nSPS) is 12.2. The number of aromatic nitrogens is 2. The highest BCUT2D eigenvalue weighted by Gasteiger charge is 2.17. The molecule has 38 heavy (non-hydrogen) atoms. The highest BCUT2D eigenvalue weighted by molar-refractivity contribution is 6.19. The molecule has 1 N–H and O–H groups in total. The third kappa shape index (κ3) is 2.90. The lowest BCUT2D eigenvalue weighted by atomic mass is 9.97. The molecule has 0 amide bonds. The Morgan fingerprint density at radius 1 is 0.684 bits per heavy atom. The SMILES string of the molecule is O=c1c2ccc(N/N=C/c3c4ccccc4cc4ccccc34)c3cccc(c32)c2nc3ccccc3n12. The van der Waals surface area contributed by atoms with Crippen molar-refractivity contribution in [3.05, 3.63) is 125 Å². The van der Waals surface area contributed by atoms with E-state index in [1.165, 1.54) is 10.8 Å². The predicted octanol–water partition coefficient (Wildman–Crippen LogP) is 7.34. The van der Waals surface area contributed by atoms with Gasteiger partial charge in [0.2, 0.25) is 0 Å². The van der Waals surface area contributed by atoms with E-state index in [2.05, 4.69) is 65.1 Å². The summed E-state index contributed by atoms with van der Waals surface area (Å²) < 4.78 is 1.73. The van der Waals surface area contributed by atoms with E-state index in [1.54, 1.807) is 4.40 Å². The fourth-order valence-electron chi connectivity index (χ4n) is 5.76. The molecular weight excluding hydrogens is 468 g/mol. The monoisotopic (exact) mass is 488 g/mol. The van der Waals surface area contributed by atoms with Crippen LogP contribution in [0.4, 0.5) is 5.69 Å². The van der Waals surface area contributed by atoms with E-state index in [1.807, 2.05) is 60.8 Å². The highest BCUT2D eigenvalue weighted by atomic mass is 16.1. The van der Waals surface area contributed by atoms with Crippen LogP contribution in [0.25, 0.3) is 59.8 Å². The summed E-state index contributed by atoms with van der Waals surface area (Å²) in [7, 11) is 0. The van der Waals surface area contributed by atoms with Gasteiger partial charge >= 0.3 is 0 Å². The van der Waals surface area contributed by atoms with E-state index in [0.717, 1.165) is 49.2 Å². The average molecular weight is 489 g/mol. The summed E-state index contributed by atoms with van der Waals surface area (Å²) in [6.07, 6.45) is 1.89. The smallest absolute Gasteiger partial charge is 0.264 e. The van der Waals surface area contributed by atoms with Crippen LogP contribution in [0.15, 0.2) is 119 Å². The van der Waals surface area contributed by atoms with Gasteiger partial charge in [-0.15, -0.1) is 0 Å². The van der Waals surface area contributed by atoms with Crippen LogP contribution in [0.1, 0.15) is 5.56 Å². The van der Waals surface area contributed by atoms with E-state index in [0.29, 0.717) is 11.0 Å². The van der Waals surface area contributed by atoms with E-state index in [9.17, 15) is 4.79 Å². The number of imidazole rings is 1. The number of hydrogen-bond acceptors (Lipinski definition) is 4. The zero-order valence-electron chi connectivity index (χ0n) is 20.2. The van der Waals surface area contributed by atoms with Crippen molar-refractivity contribution in [1.29, 1.82) is 0 Å². The van der Waals surface area contributed by atoms with Crippen LogP contribution in [0.2, 0.25) is 0 Å². The van der Waals surface area contributed by atoms with Crippen LogP contribution in [0, 0.1) is 0 Å². The standard InChI is InChI=1S/C33H20N4O/c38-33-26-16-17-28(24-12-7-13-25(31(24)26)32-35-29-14-5-6-15-30(29)37(32)33)36-34-19-27-22-10-3-1-8-20(22)18-21-9-2-4-11-23(21)27/h1-19,36H/b34-19+. The molecule has 0 aliphatic carbocycles. The number of anilines is 1. The Bertz CT molecular complexity index is 2240. The number of rotatable bonds is 3. The molecule has 6 aromatic carbocycles. The summed E-state index contributed by atoms with van der Waals surface area (Å²) in [5.74, 6) is 0. The molecule has 178 valence electrons. The van der Waals surface area contributed by atoms with Crippen LogP contribution >= 0.6 is 0 Å². The van der Waals surface area contributed by atoms with Crippen molar-refractivity contribution in [1.82, 2.24) is 9.38 Å². The molecule has 8 aromatic rings. The molecule has 0 bridgehead atoms. The number of para-hydroxylation sites is 2. The first-order valence-electron chi connectivity index (χ1n) is 12.6. The summed E-state index contributed by atoms with van der Waals surface area (Å²) in [5, 5.41) is 12.8. The third-order valence-electron chi connectivity index (χ3n) is 7.47. The highest BCUT2D eigenvalue weighted by Crippen LogP contribution is 2.34. The van der Waals surface area contributed by atoms with Crippen molar-refractivity contribution in [3.63, 3.8) is 0 Å². The molecule has 8 rings (SSSR count). The fourth-order valence-corrected chi connectivity index (χ4v) is 5.76. The number of fused-ring (bicyclic) bond motifs is 6. The first-order valence-corrected chi connectivity index (χ1v) is 12.6. The number of pyridine rings is 1. The minimum atomic E-state index is -0.0605. The Morgan fingerprint density at radius 3 is 2.18 bits per heavy atom. The molecule has 5 heteroatoms. The molecule has 0 aliphatic heterocycles. The number of hydrogen-bond donors (Lipinski definition) is 1. The van der Waals surface area contributed by atoms with E-state index < -0.39 is 0 Å². The molecule has 0 saturated carbocycles. The summed E-state index contributed by atoms with van der Waals surface area (Å²) in [5.41, 5.74) is 7.42. The van der Waals surface area contributed by atoms with Crippen molar-refractivity contribution < 1.29 is 0 Å². The maximum Gasteiger partial charge on any atom is 0.264 e. The number of nitrogens with one attached hydrogen (secondary N) is 1. The first-order chi connectivity index (χ1) is 18.8. The number of benzene rings is 6. The van der Waals surface area contributed by atoms with Gasteiger partial charge < -0.3 is 0 Å². The van der Waals surface area contributed by atoms with Crippen LogP contribution in [0.5, 0.6) is 0 Å². The second-order valence-electron chi connectivity index (χ2n) is 9.56. The molecular formula is C33H20N4O. The molecule has 0 aliphatic rings. The summed E-state index contributed by atoms with van der Waals surface area (Å²) in [6.45, 7) is 0. The van der Waals surface area contributed by atoms with Gasteiger partial charge in [-0.25, -0.2) is 4.98 Å². The minimum absolute atomic E-state index is 0.0605. The average Bonchev–Trinajstić information content (AvgIpc) is 3.36. The lowest BCUT2D eigenvalue weighted by Crippen LogP contribution is -2.13. The van der Waals surface area contributed by atoms with Gasteiger partial charge in [0.25, 0.3) is 5.56 Å². The summed E-state index contributed by atoms with van der Waals surface area (Å²) in [4.78, 5) is 18.4. The van der Waals surface area contributed by atoms with Crippen LogP contribution in [0.3, 0.4) is 0 Å². The van der Waals surface area contributed by atoms with E-state index >= 15 is 0 Å². The lowest BCUT2D eigenvalue weighted by Gasteiger charge is -2.11. The Hall–Kier alpha value is -5.29. The van der Waals surface area contributed by atoms with Crippen LogP contribution in [-0.2, 0) is 0 Å². The lowest BCUT2D eigenvalue weighted by molar-refractivity contribution is 1.19. The fraction of sp³-hybridized carbons (Fsp3) is 0. The van der Waals surface area contributed by atoms with Gasteiger partial charge in [0, 0.05) is 27.1 Å². The summed E-state index contributed by atoms with van der Waals surface area (Å²) >= 11 is 0. The molecule has 0 radical (unpaired) electrons. The molecule has 2 heterocycles. The second-order valence-corrected chi connectivity index (χ2v) is 9.56. The van der Waals surface area contributed by atoms with Gasteiger partial charge in [-0.1, -0.05) is 78.9 Å². The quantitative estimate of drug-likeness (QED) is 0.161. The van der Waals surface area contributed by atoms with Crippen molar-refractivity contribution in [2.24, 2.45) is 5.10 Å². The molecule has 0 spiro atoms. The van der Waals surface area contributed by atoms with Gasteiger partial charge in [-0.3, -0.25) is 14.6 Å². The van der Waals surface area contributed by atoms with Crippen LogP contribution < -0.4 is 11.0 Å². The van der Waals surface area contributed by atoms with E-state index in [-0.39, 0.29) is 5.56 Å². The van der Waals surface area contributed by atoms with Gasteiger partial charge in [0.1, 0.15) is 5.65 Å². The van der Waals surface area contributed by atoms with Gasteiger partial charge in [-0.2, -0.15) is 5.10 Å². The molecule has 0 unspecified atom stereocenters. The van der Waals surface area contributed by atoms with Crippen LogP contribution in [-0.4, -0.2) is 15.6 Å². The summed E-state index contributed by atoms with van der Waals surface area (Å²) in [6, 6.07) is 36.6. The topological polar surface area (TPSA) is 58.8 Å². The van der Waals surface area contributed by atoms with Gasteiger partial charge in [0.05, 0.1) is 22.9 Å². The van der Waals surface area contributed by atoms with Crippen molar-refractivity contribution in [2.75, 3.05) is 5.43 Å². The molecule has 0 saturated heterocycles. The second kappa shape index (κ2) is 7.85. The largest absolute Gasteiger partial charge is 0.278 e.